The van der Waals surface area contributed by atoms with Gasteiger partial charge in [0.05, 0.1) is 6.21 Å². The fraction of sp³-hybridized carbons (Fsp3) is 0.0714. The molecule has 0 aliphatic heterocycles. The van der Waals surface area contributed by atoms with Crippen molar-refractivity contribution in [3.63, 3.8) is 0 Å². The van der Waals surface area contributed by atoms with Crippen molar-refractivity contribution in [2.45, 2.75) is 0 Å². The summed E-state index contributed by atoms with van der Waals surface area (Å²) in [4.78, 5) is 2.04. The van der Waals surface area contributed by atoms with Gasteiger partial charge in [-0.3, -0.25) is 0 Å². The van der Waals surface area contributed by atoms with Gasteiger partial charge in [0.25, 0.3) is 0 Å². The predicted octanol–water partition coefficient (Wildman–Crippen LogP) is 2.67. The first-order chi connectivity index (χ1) is 7.83. The topological polar surface area (TPSA) is 25.5 Å². The van der Waals surface area contributed by atoms with E-state index >= 15 is 0 Å². The minimum Gasteiger partial charge on any atom is -0.344 e. The van der Waals surface area contributed by atoms with Crippen LogP contribution in [0.25, 0.3) is 0 Å². The molecular weight excluding hydrogens is 196 g/mol. The van der Waals surface area contributed by atoms with Gasteiger partial charge < -0.3 is 4.90 Å². The van der Waals surface area contributed by atoms with Crippen molar-refractivity contribution in [3.05, 3.63) is 60.2 Å². The van der Waals surface area contributed by atoms with E-state index in [4.69, 9.17) is 5.41 Å². The van der Waals surface area contributed by atoms with Gasteiger partial charge in [-0.2, -0.15) is 5.41 Å². The fourth-order valence-corrected chi connectivity index (χ4v) is 1.69. The molecule has 0 aliphatic carbocycles. The Morgan fingerprint density at radius 2 is 1.56 bits per heavy atom. The molecule has 0 fully saturated rings. The van der Waals surface area contributed by atoms with Gasteiger partial charge in [0.2, 0.25) is 0 Å². The van der Waals surface area contributed by atoms with Crippen molar-refractivity contribution in [1.82, 2.24) is 5.41 Å². The highest BCUT2D eigenvalue weighted by Gasteiger charge is 2.06. The summed E-state index contributed by atoms with van der Waals surface area (Å²) in [6.07, 6.45) is 1.13. The largest absolute Gasteiger partial charge is 0.344 e. The Morgan fingerprint density at radius 3 is 2.25 bits per heavy atom. The molecule has 0 unspecified atom stereocenters. The Kier molecular flexibility index (Phi) is 3.01. The van der Waals surface area contributed by atoms with Gasteiger partial charge in [-0.25, -0.2) is 0 Å². The summed E-state index contributed by atoms with van der Waals surface area (Å²) in [5, 5.41) is 9.16. The zero-order valence-electron chi connectivity index (χ0n) is 9.17. The van der Waals surface area contributed by atoms with Gasteiger partial charge in [-0.1, -0.05) is 36.4 Å². The summed E-state index contributed by atoms with van der Waals surface area (Å²) in [7, 11) is 1.98. The molecule has 0 saturated carbocycles. The van der Waals surface area contributed by atoms with Gasteiger partial charge in [0.15, 0.2) is 0 Å². The van der Waals surface area contributed by atoms with Crippen LogP contribution in [0.1, 0.15) is 5.56 Å². The van der Waals surface area contributed by atoms with E-state index in [1.807, 2.05) is 66.5 Å². The third-order valence-corrected chi connectivity index (χ3v) is 2.58. The second-order valence-electron chi connectivity index (χ2n) is 3.58. The van der Waals surface area contributed by atoms with E-state index in [0.717, 1.165) is 23.2 Å². The van der Waals surface area contributed by atoms with Crippen LogP contribution in [0.5, 0.6) is 0 Å². The minimum atomic E-state index is 0.814. The first kappa shape index (κ1) is 10.4. The SMILES string of the molecule is CN(c1ccccc1)c1ccccc1C=[N]. The Morgan fingerprint density at radius 1 is 0.938 bits per heavy atom. The van der Waals surface area contributed by atoms with Crippen molar-refractivity contribution in [2.75, 3.05) is 11.9 Å². The van der Waals surface area contributed by atoms with Crippen molar-refractivity contribution < 1.29 is 0 Å². The Hall–Kier alpha value is -2.09. The number of para-hydroxylation sites is 2. The van der Waals surface area contributed by atoms with E-state index in [1.165, 1.54) is 0 Å². The lowest BCUT2D eigenvalue weighted by atomic mass is 10.1. The number of benzene rings is 2. The standard InChI is InChI=1S/C14H13N2/c1-16(13-8-3-2-4-9-13)14-10-6-5-7-12(14)11-15/h2-11H,1H3. The lowest BCUT2D eigenvalue weighted by Crippen LogP contribution is -2.11. The molecule has 2 heteroatoms. The number of nitrogens with zero attached hydrogens (tertiary/aromatic N) is 2. The van der Waals surface area contributed by atoms with Crippen molar-refractivity contribution in [1.29, 1.82) is 0 Å². The molecule has 2 aromatic rings. The lowest BCUT2D eigenvalue weighted by Gasteiger charge is -2.21. The highest BCUT2D eigenvalue weighted by atomic mass is 15.1. The molecule has 0 spiro atoms. The zero-order valence-corrected chi connectivity index (χ0v) is 9.17. The maximum absolute atomic E-state index is 9.16. The van der Waals surface area contributed by atoms with Crippen LogP contribution in [-0.4, -0.2) is 13.3 Å². The summed E-state index contributed by atoms with van der Waals surface area (Å²) >= 11 is 0. The molecule has 0 aromatic heterocycles. The van der Waals surface area contributed by atoms with Gasteiger partial charge in [0, 0.05) is 24.0 Å². The second-order valence-corrected chi connectivity index (χ2v) is 3.58. The quantitative estimate of drug-likeness (QED) is 0.713. The van der Waals surface area contributed by atoms with Crippen LogP contribution < -0.4 is 10.3 Å². The smallest absolute Gasteiger partial charge is 0.0589 e. The van der Waals surface area contributed by atoms with Crippen LogP contribution in [0.3, 0.4) is 0 Å². The maximum Gasteiger partial charge on any atom is 0.0589 e. The van der Waals surface area contributed by atoms with Crippen molar-refractivity contribution in [3.8, 4) is 0 Å². The van der Waals surface area contributed by atoms with Gasteiger partial charge in [-0.05, 0) is 18.2 Å². The van der Waals surface area contributed by atoms with E-state index in [0.29, 0.717) is 0 Å². The number of anilines is 2. The number of hydrogen-bond acceptors (Lipinski definition) is 1. The molecule has 2 nitrogen and oxygen atoms in total. The van der Waals surface area contributed by atoms with Crippen LogP contribution in [0, 0.1) is 0 Å². The first-order valence-electron chi connectivity index (χ1n) is 5.18. The molecule has 0 saturated heterocycles. The normalized spacial score (nSPS) is 9.81. The lowest BCUT2D eigenvalue weighted by molar-refractivity contribution is 1.21. The van der Waals surface area contributed by atoms with Gasteiger partial charge in [0.1, 0.15) is 0 Å². The summed E-state index contributed by atoms with van der Waals surface area (Å²) in [6.45, 7) is 0. The third-order valence-electron chi connectivity index (χ3n) is 2.58. The average Bonchev–Trinajstić information content (AvgIpc) is 2.39. The van der Waals surface area contributed by atoms with Crippen LogP contribution in [0.4, 0.5) is 11.4 Å². The van der Waals surface area contributed by atoms with E-state index < -0.39 is 0 Å². The van der Waals surface area contributed by atoms with E-state index in [-0.39, 0.29) is 0 Å². The van der Waals surface area contributed by atoms with Crippen LogP contribution in [0.2, 0.25) is 0 Å². The van der Waals surface area contributed by atoms with Crippen LogP contribution in [0.15, 0.2) is 54.6 Å². The minimum absolute atomic E-state index is 0.814. The molecule has 0 atom stereocenters. The average molecular weight is 209 g/mol. The number of hydrogen-bond donors (Lipinski definition) is 0. The Bertz CT molecular complexity index is 477. The maximum atomic E-state index is 9.16. The summed E-state index contributed by atoms with van der Waals surface area (Å²) < 4.78 is 0. The van der Waals surface area contributed by atoms with E-state index in [2.05, 4.69) is 0 Å². The summed E-state index contributed by atoms with van der Waals surface area (Å²) in [5.74, 6) is 0. The molecule has 2 aromatic carbocycles. The first-order valence-corrected chi connectivity index (χ1v) is 5.18. The molecule has 0 aliphatic rings. The van der Waals surface area contributed by atoms with Crippen molar-refractivity contribution in [2.24, 2.45) is 0 Å². The molecule has 0 N–H and O–H groups in total. The third kappa shape index (κ3) is 1.96. The highest BCUT2D eigenvalue weighted by Crippen LogP contribution is 2.25. The monoisotopic (exact) mass is 209 g/mol. The van der Waals surface area contributed by atoms with Gasteiger partial charge >= 0.3 is 0 Å². The second kappa shape index (κ2) is 4.62. The molecule has 0 amide bonds. The molecule has 0 bridgehead atoms. The molecule has 1 radical (unpaired) electrons. The Balaban J connectivity index is 2.41. The summed E-state index contributed by atoms with van der Waals surface area (Å²) in [5.41, 5.74) is 2.89. The molecule has 0 heterocycles. The fourth-order valence-electron chi connectivity index (χ4n) is 1.69. The summed E-state index contributed by atoms with van der Waals surface area (Å²) in [6, 6.07) is 17.8. The number of rotatable bonds is 3. The van der Waals surface area contributed by atoms with Crippen molar-refractivity contribution >= 4 is 17.6 Å². The molecule has 2 rings (SSSR count). The van der Waals surface area contributed by atoms with Crippen LogP contribution >= 0.6 is 0 Å². The molecule has 79 valence electrons. The van der Waals surface area contributed by atoms with E-state index in [1.54, 1.807) is 0 Å². The van der Waals surface area contributed by atoms with Crippen LogP contribution in [-0.2, 0) is 0 Å². The highest BCUT2D eigenvalue weighted by molar-refractivity contribution is 5.88. The van der Waals surface area contributed by atoms with E-state index in [9.17, 15) is 0 Å². The Labute approximate surface area is 95.7 Å². The zero-order chi connectivity index (χ0) is 11.4. The van der Waals surface area contributed by atoms with Gasteiger partial charge in [-0.15, -0.1) is 0 Å². The predicted molar refractivity (Wildman–Crippen MR) is 68.2 cm³/mol. The molecule has 16 heavy (non-hydrogen) atoms. The molecular formula is C14H13N2.